The lowest BCUT2D eigenvalue weighted by molar-refractivity contribution is 0.656. The Hall–Kier alpha value is 0.460. The van der Waals surface area contributed by atoms with Gasteiger partial charge in [-0.25, -0.2) is 0 Å². The quantitative estimate of drug-likeness (QED) is 0.512. The highest BCUT2D eigenvalue weighted by molar-refractivity contribution is 9.10. The van der Waals surface area contributed by atoms with Gasteiger partial charge in [0.1, 0.15) is 4.45 Å². The molecule has 2 atom stereocenters. The van der Waals surface area contributed by atoms with E-state index in [9.17, 15) is 0 Å². The molecular formula is C6H7BrCl2N2. The lowest BCUT2D eigenvalue weighted by Gasteiger charge is -2.27. The Morgan fingerprint density at radius 2 is 2.00 bits per heavy atom. The van der Waals surface area contributed by atoms with Crippen molar-refractivity contribution in [3.63, 3.8) is 0 Å². The first-order valence-electron chi connectivity index (χ1n) is 2.93. The molecule has 0 aliphatic heterocycles. The highest BCUT2D eigenvalue weighted by atomic mass is 79.9. The van der Waals surface area contributed by atoms with Crippen LogP contribution >= 0.6 is 39.1 Å². The fourth-order valence-corrected chi connectivity index (χ4v) is 1.65. The Morgan fingerprint density at radius 1 is 1.45 bits per heavy atom. The Balaban J connectivity index is 2.98. The minimum absolute atomic E-state index is 0.350. The van der Waals surface area contributed by atoms with Gasteiger partial charge in [0.05, 0.1) is 16.1 Å². The first-order chi connectivity index (χ1) is 4.93. The first-order valence-corrected chi connectivity index (χ1v) is 4.48. The van der Waals surface area contributed by atoms with Crippen molar-refractivity contribution in [1.29, 1.82) is 0 Å². The minimum Gasteiger partial charge on any atom is -0.322 e. The summed E-state index contributed by atoms with van der Waals surface area (Å²) in [5, 5.41) is 0.868. The molecule has 1 rings (SSSR count). The van der Waals surface area contributed by atoms with Gasteiger partial charge in [0, 0.05) is 0 Å². The van der Waals surface area contributed by atoms with Gasteiger partial charge in [0.2, 0.25) is 0 Å². The highest BCUT2D eigenvalue weighted by Crippen LogP contribution is 2.31. The predicted octanol–water partition coefficient (Wildman–Crippen LogP) is 1.62. The molecule has 2 unspecified atom stereocenters. The molecule has 62 valence electrons. The molecule has 0 aromatic heterocycles. The maximum absolute atomic E-state index is 5.71. The standard InChI is InChI=1S/C6H7BrCl2N2/c7-6(11)2-4(9)3(8)1-5(6)10/h1-2,5H,10-11H2. The molecule has 1 aliphatic carbocycles. The third-order valence-corrected chi connectivity index (χ3v) is 2.91. The monoisotopic (exact) mass is 256 g/mol. The van der Waals surface area contributed by atoms with Gasteiger partial charge in [0.15, 0.2) is 0 Å². The van der Waals surface area contributed by atoms with E-state index in [0.29, 0.717) is 10.1 Å². The summed E-state index contributed by atoms with van der Waals surface area (Å²) in [6.07, 6.45) is 3.19. The first kappa shape index (κ1) is 9.55. The second-order valence-corrected chi connectivity index (χ2v) is 4.55. The van der Waals surface area contributed by atoms with Crippen LogP contribution in [0.25, 0.3) is 0 Å². The number of hydrogen-bond donors (Lipinski definition) is 2. The third kappa shape index (κ3) is 1.98. The second kappa shape index (κ2) is 3.07. The average Bonchev–Trinajstić information content (AvgIpc) is 1.83. The van der Waals surface area contributed by atoms with Crippen LogP contribution in [-0.2, 0) is 0 Å². The zero-order chi connectivity index (χ0) is 8.65. The van der Waals surface area contributed by atoms with Crippen LogP contribution in [0.3, 0.4) is 0 Å². The molecular weight excluding hydrogens is 251 g/mol. The SMILES string of the molecule is NC1C=C(Cl)C(Cl)=CC1(N)Br. The van der Waals surface area contributed by atoms with E-state index in [0.717, 1.165) is 0 Å². The van der Waals surface area contributed by atoms with E-state index in [2.05, 4.69) is 15.9 Å². The number of hydrogen-bond acceptors (Lipinski definition) is 2. The Kier molecular flexibility index (Phi) is 2.67. The van der Waals surface area contributed by atoms with Crippen molar-refractivity contribution >= 4 is 39.1 Å². The van der Waals surface area contributed by atoms with Gasteiger partial charge in [-0.05, 0) is 12.2 Å². The van der Waals surface area contributed by atoms with Gasteiger partial charge in [-0.3, -0.25) is 0 Å². The molecule has 0 heterocycles. The van der Waals surface area contributed by atoms with Crippen molar-refractivity contribution < 1.29 is 0 Å². The molecule has 4 N–H and O–H groups in total. The predicted molar refractivity (Wildman–Crippen MR) is 51.7 cm³/mol. The molecule has 5 heteroatoms. The molecule has 0 spiro atoms. The summed E-state index contributed by atoms with van der Waals surface area (Å²) in [7, 11) is 0. The number of alkyl halides is 1. The number of halogens is 3. The maximum atomic E-state index is 5.71. The number of nitrogens with two attached hydrogens (primary N) is 2. The van der Waals surface area contributed by atoms with Crippen molar-refractivity contribution in [1.82, 2.24) is 0 Å². The van der Waals surface area contributed by atoms with Crippen molar-refractivity contribution in [3.8, 4) is 0 Å². The smallest absolute Gasteiger partial charge is 0.111 e. The summed E-state index contributed by atoms with van der Waals surface area (Å²) in [6, 6.07) is -0.350. The Labute approximate surface area is 83.3 Å². The zero-order valence-electron chi connectivity index (χ0n) is 5.52. The van der Waals surface area contributed by atoms with Crippen LogP contribution in [-0.4, -0.2) is 10.5 Å². The largest absolute Gasteiger partial charge is 0.322 e. The van der Waals surface area contributed by atoms with E-state index >= 15 is 0 Å². The molecule has 1 aliphatic rings. The highest BCUT2D eigenvalue weighted by Gasteiger charge is 2.30. The molecule has 0 aromatic rings. The lowest BCUT2D eigenvalue weighted by Crippen LogP contribution is -2.49. The van der Waals surface area contributed by atoms with Gasteiger partial charge in [-0.1, -0.05) is 39.1 Å². The Bertz CT molecular complexity index is 235. The van der Waals surface area contributed by atoms with Crippen LogP contribution in [0.15, 0.2) is 22.2 Å². The van der Waals surface area contributed by atoms with Crippen molar-refractivity contribution in [2.45, 2.75) is 10.5 Å². The molecule has 2 nitrogen and oxygen atoms in total. The van der Waals surface area contributed by atoms with E-state index in [-0.39, 0.29) is 6.04 Å². The molecule has 0 fully saturated rings. The summed E-state index contributed by atoms with van der Waals surface area (Å²) in [5.74, 6) is 0. The molecule has 0 aromatic carbocycles. The van der Waals surface area contributed by atoms with Crippen LogP contribution < -0.4 is 11.5 Å². The van der Waals surface area contributed by atoms with E-state index in [1.165, 1.54) is 0 Å². The summed E-state index contributed by atoms with van der Waals surface area (Å²) >= 11 is 14.6. The van der Waals surface area contributed by atoms with E-state index < -0.39 is 4.45 Å². The van der Waals surface area contributed by atoms with E-state index in [4.69, 9.17) is 34.7 Å². The van der Waals surface area contributed by atoms with Gasteiger partial charge in [-0.2, -0.15) is 0 Å². The average molecular weight is 258 g/mol. The third-order valence-electron chi connectivity index (χ3n) is 1.41. The second-order valence-electron chi connectivity index (χ2n) is 2.36. The van der Waals surface area contributed by atoms with Crippen LogP contribution in [0.1, 0.15) is 0 Å². The summed E-state index contributed by atoms with van der Waals surface area (Å²) in [5.41, 5.74) is 11.3. The topological polar surface area (TPSA) is 52.0 Å². The van der Waals surface area contributed by atoms with Gasteiger partial charge in [0.25, 0.3) is 0 Å². The van der Waals surface area contributed by atoms with Crippen molar-refractivity contribution in [3.05, 3.63) is 22.2 Å². The molecule has 0 bridgehead atoms. The normalized spacial score (nSPS) is 38.1. The zero-order valence-corrected chi connectivity index (χ0v) is 8.62. The summed E-state index contributed by atoms with van der Waals surface area (Å²) < 4.78 is -0.775. The van der Waals surface area contributed by atoms with Crippen molar-refractivity contribution in [2.24, 2.45) is 11.5 Å². The van der Waals surface area contributed by atoms with Crippen molar-refractivity contribution in [2.75, 3.05) is 0 Å². The minimum atomic E-state index is -0.775. The Morgan fingerprint density at radius 3 is 2.45 bits per heavy atom. The van der Waals surface area contributed by atoms with Gasteiger partial charge in [-0.15, -0.1) is 0 Å². The summed E-state index contributed by atoms with van der Waals surface area (Å²) in [4.78, 5) is 0. The molecule has 11 heavy (non-hydrogen) atoms. The molecule has 0 amide bonds. The van der Waals surface area contributed by atoms with Crippen LogP contribution in [0.5, 0.6) is 0 Å². The molecule has 0 saturated heterocycles. The molecule has 0 saturated carbocycles. The lowest BCUT2D eigenvalue weighted by atomic mass is 10.0. The fourth-order valence-electron chi connectivity index (χ4n) is 0.724. The number of allylic oxidation sites excluding steroid dienone is 2. The van der Waals surface area contributed by atoms with Crippen LogP contribution in [0, 0.1) is 0 Å². The summed E-state index contributed by atoms with van der Waals surface area (Å²) in [6.45, 7) is 0. The van der Waals surface area contributed by atoms with E-state index in [1.54, 1.807) is 12.2 Å². The fraction of sp³-hybridized carbons (Fsp3) is 0.333. The van der Waals surface area contributed by atoms with Gasteiger partial charge >= 0.3 is 0 Å². The van der Waals surface area contributed by atoms with Crippen LogP contribution in [0.4, 0.5) is 0 Å². The molecule has 0 radical (unpaired) electrons. The van der Waals surface area contributed by atoms with Gasteiger partial charge < -0.3 is 11.5 Å². The number of rotatable bonds is 0. The maximum Gasteiger partial charge on any atom is 0.111 e. The van der Waals surface area contributed by atoms with Crippen LogP contribution in [0.2, 0.25) is 0 Å². The van der Waals surface area contributed by atoms with E-state index in [1.807, 2.05) is 0 Å².